The van der Waals surface area contributed by atoms with E-state index in [1.807, 2.05) is 18.2 Å². The zero-order valence-electron chi connectivity index (χ0n) is 9.93. The number of hydrogen-bond acceptors (Lipinski definition) is 4. The van der Waals surface area contributed by atoms with Gasteiger partial charge in [0.05, 0.1) is 23.8 Å². The average Bonchev–Trinajstić information content (AvgIpc) is 2.47. The highest BCUT2D eigenvalue weighted by Crippen LogP contribution is 2.32. The maximum atomic E-state index is 9.05. The summed E-state index contributed by atoms with van der Waals surface area (Å²) >= 11 is 0. The van der Waals surface area contributed by atoms with Crippen LogP contribution in [0.25, 0.3) is 0 Å². The highest BCUT2D eigenvalue weighted by Gasteiger charge is 2.34. The Kier molecular flexibility index (Phi) is 3.18. The molecule has 1 aliphatic rings. The van der Waals surface area contributed by atoms with E-state index in [4.69, 9.17) is 15.8 Å². The van der Waals surface area contributed by atoms with Crippen molar-refractivity contribution in [2.24, 2.45) is 5.41 Å². The Bertz CT molecular complexity index is 547. The first-order valence-corrected chi connectivity index (χ1v) is 5.81. The van der Waals surface area contributed by atoms with Crippen molar-refractivity contribution in [3.8, 4) is 18.2 Å². The molecule has 1 saturated heterocycles. The third kappa shape index (κ3) is 2.12. The van der Waals surface area contributed by atoms with Gasteiger partial charge in [0.2, 0.25) is 0 Å². The summed E-state index contributed by atoms with van der Waals surface area (Å²) in [4.78, 5) is 2.12. The molecule has 0 N–H and O–H groups in total. The van der Waals surface area contributed by atoms with Crippen molar-refractivity contribution in [3.05, 3.63) is 29.8 Å². The number of anilines is 1. The highest BCUT2D eigenvalue weighted by molar-refractivity contribution is 5.52. The fraction of sp³-hybridized carbons (Fsp3) is 0.357. The van der Waals surface area contributed by atoms with Gasteiger partial charge in [-0.3, -0.25) is 0 Å². The van der Waals surface area contributed by atoms with Crippen molar-refractivity contribution in [3.63, 3.8) is 0 Å². The predicted octanol–water partition coefficient (Wildman–Crippen LogP) is 2.19. The standard InChI is InChI=1S/C14H12N4/c15-9-12-2-1-3-13(8-12)18-6-4-14(10-16,11-17)5-7-18/h1-3,8H,4-7H2. The molecule has 1 aliphatic heterocycles. The van der Waals surface area contributed by atoms with E-state index in [1.165, 1.54) is 0 Å². The third-order valence-corrected chi connectivity index (χ3v) is 3.39. The summed E-state index contributed by atoms with van der Waals surface area (Å²) in [5, 5.41) is 27.0. The first-order valence-electron chi connectivity index (χ1n) is 5.81. The molecule has 1 aromatic rings. The number of nitriles is 3. The van der Waals surface area contributed by atoms with E-state index in [0.29, 0.717) is 31.5 Å². The van der Waals surface area contributed by atoms with E-state index in [0.717, 1.165) is 5.69 Å². The summed E-state index contributed by atoms with van der Waals surface area (Å²) in [6.07, 6.45) is 1.10. The van der Waals surface area contributed by atoms with Crippen molar-refractivity contribution in [1.82, 2.24) is 0 Å². The zero-order valence-corrected chi connectivity index (χ0v) is 9.93. The lowest BCUT2D eigenvalue weighted by Gasteiger charge is -2.34. The molecule has 88 valence electrons. The van der Waals surface area contributed by atoms with Crippen molar-refractivity contribution >= 4 is 5.69 Å². The van der Waals surface area contributed by atoms with E-state index in [1.54, 1.807) is 6.07 Å². The largest absolute Gasteiger partial charge is 0.371 e. The average molecular weight is 236 g/mol. The number of benzene rings is 1. The van der Waals surface area contributed by atoms with Crippen LogP contribution in [-0.2, 0) is 0 Å². The van der Waals surface area contributed by atoms with Gasteiger partial charge in [-0.2, -0.15) is 15.8 Å². The lowest BCUT2D eigenvalue weighted by molar-refractivity contribution is 0.393. The first-order chi connectivity index (χ1) is 8.73. The molecule has 0 saturated carbocycles. The quantitative estimate of drug-likeness (QED) is 0.749. The van der Waals surface area contributed by atoms with Gasteiger partial charge < -0.3 is 4.90 Å². The van der Waals surface area contributed by atoms with E-state index in [9.17, 15) is 0 Å². The number of rotatable bonds is 1. The predicted molar refractivity (Wildman–Crippen MR) is 66.3 cm³/mol. The summed E-state index contributed by atoms with van der Waals surface area (Å²) in [5.41, 5.74) is 0.784. The molecular formula is C14H12N4. The van der Waals surface area contributed by atoms with Crippen molar-refractivity contribution < 1.29 is 0 Å². The van der Waals surface area contributed by atoms with Crippen LogP contribution in [0.15, 0.2) is 24.3 Å². The minimum absolute atomic E-state index is 0.552. The smallest absolute Gasteiger partial charge is 0.147 e. The molecule has 2 rings (SSSR count). The Hall–Kier alpha value is -2.51. The van der Waals surface area contributed by atoms with Gasteiger partial charge in [0.25, 0.3) is 0 Å². The SMILES string of the molecule is N#Cc1cccc(N2CCC(C#N)(C#N)CC2)c1. The van der Waals surface area contributed by atoms with Crippen LogP contribution in [0, 0.1) is 39.4 Å². The van der Waals surface area contributed by atoms with Crippen molar-refractivity contribution in [2.45, 2.75) is 12.8 Å². The summed E-state index contributed by atoms with van der Waals surface area (Å²) < 4.78 is 0. The van der Waals surface area contributed by atoms with Gasteiger partial charge in [-0.05, 0) is 31.0 Å². The Labute approximate surface area is 106 Å². The molecule has 1 aromatic carbocycles. The Morgan fingerprint density at radius 3 is 2.28 bits per heavy atom. The Balaban J connectivity index is 2.14. The van der Waals surface area contributed by atoms with Crippen LogP contribution in [0.4, 0.5) is 5.69 Å². The molecule has 18 heavy (non-hydrogen) atoms. The third-order valence-electron chi connectivity index (χ3n) is 3.39. The lowest BCUT2D eigenvalue weighted by Crippen LogP contribution is -2.38. The molecule has 0 amide bonds. The van der Waals surface area contributed by atoms with Crippen LogP contribution in [0.2, 0.25) is 0 Å². The van der Waals surface area contributed by atoms with Crippen molar-refractivity contribution in [2.75, 3.05) is 18.0 Å². The van der Waals surface area contributed by atoms with E-state index in [-0.39, 0.29) is 0 Å². The van der Waals surface area contributed by atoms with E-state index >= 15 is 0 Å². The van der Waals surface area contributed by atoms with Gasteiger partial charge in [0, 0.05) is 18.8 Å². The molecule has 0 atom stereocenters. The Morgan fingerprint density at radius 1 is 1.06 bits per heavy atom. The summed E-state index contributed by atoms with van der Waals surface area (Å²) in [5.74, 6) is 0. The second-order valence-corrected chi connectivity index (χ2v) is 4.45. The second kappa shape index (κ2) is 4.78. The number of nitrogens with zero attached hydrogens (tertiary/aromatic N) is 4. The zero-order chi connectivity index (χ0) is 13.0. The maximum Gasteiger partial charge on any atom is 0.147 e. The van der Waals surface area contributed by atoms with Gasteiger partial charge in [0.15, 0.2) is 0 Å². The number of hydrogen-bond donors (Lipinski definition) is 0. The minimum Gasteiger partial charge on any atom is -0.371 e. The molecule has 0 unspecified atom stereocenters. The van der Waals surface area contributed by atoms with Gasteiger partial charge in [-0.25, -0.2) is 0 Å². The summed E-state index contributed by atoms with van der Waals surface area (Å²) in [6, 6.07) is 13.8. The monoisotopic (exact) mass is 236 g/mol. The van der Waals surface area contributed by atoms with Crippen LogP contribution in [0.1, 0.15) is 18.4 Å². The van der Waals surface area contributed by atoms with Crippen LogP contribution in [0.3, 0.4) is 0 Å². The minimum atomic E-state index is -0.830. The molecule has 0 aliphatic carbocycles. The molecule has 0 spiro atoms. The van der Waals surface area contributed by atoms with Gasteiger partial charge in [-0.1, -0.05) is 6.07 Å². The van der Waals surface area contributed by atoms with Crippen LogP contribution >= 0.6 is 0 Å². The first kappa shape index (κ1) is 12.0. The van der Waals surface area contributed by atoms with Gasteiger partial charge >= 0.3 is 0 Å². The lowest BCUT2D eigenvalue weighted by atomic mass is 9.81. The summed E-state index contributed by atoms with van der Waals surface area (Å²) in [6.45, 7) is 1.35. The van der Waals surface area contributed by atoms with E-state index in [2.05, 4.69) is 23.1 Å². The Morgan fingerprint density at radius 2 is 1.72 bits per heavy atom. The normalized spacial score (nSPS) is 17.3. The van der Waals surface area contributed by atoms with Gasteiger partial charge in [-0.15, -0.1) is 0 Å². The molecule has 1 heterocycles. The van der Waals surface area contributed by atoms with E-state index < -0.39 is 5.41 Å². The maximum absolute atomic E-state index is 9.05. The van der Waals surface area contributed by atoms with Crippen LogP contribution in [-0.4, -0.2) is 13.1 Å². The van der Waals surface area contributed by atoms with Crippen molar-refractivity contribution in [1.29, 1.82) is 15.8 Å². The second-order valence-electron chi connectivity index (χ2n) is 4.45. The summed E-state index contributed by atoms with van der Waals surface area (Å²) in [7, 11) is 0. The molecule has 4 nitrogen and oxygen atoms in total. The molecule has 4 heteroatoms. The fourth-order valence-corrected chi connectivity index (χ4v) is 2.17. The molecule has 1 fully saturated rings. The molecular weight excluding hydrogens is 224 g/mol. The number of piperidine rings is 1. The molecule has 0 aromatic heterocycles. The van der Waals surface area contributed by atoms with Crippen LogP contribution in [0.5, 0.6) is 0 Å². The van der Waals surface area contributed by atoms with Crippen LogP contribution < -0.4 is 4.90 Å². The topological polar surface area (TPSA) is 74.6 Å². The van der Waals surface area contributed by atoms with Gasteiger partial charge in [0.1, 0.15) is 5.41 Å². The molecule has 0 radical (unpaired) electrons. The highest BCUT2D eigenvalue weighted by atomic mass is 15.1. The molecule has 0 bridgehead atoms. The fourth-order valence-electron chi connectivity index (χ4n) is 2.17.